The Morgan fingerprint density at radius 1 is 1.38 bits per heavy atom. The van der Waals surface area contributed by atoms with E-state index in [4.69, 9.17) is 0 Å². The molecular formula is C16H24FN3O3S. The molecule has 1 amide bonds. The summed E-state index contributed by atoms with van der Waals surface area (Å²) in [5.74, 6) is -0.554. The van der Waals surface area contributed by atoms with Crippen molar-refractivity contribution in [1.29, 1.82) is 0 Å². The summed E-state index contributed by atoms with van der Waals surface area (Å²) in [5.41, 5.74) is 0. The number of hydrogen-bond acceptors (Lipinski definition) is 4. The van der Waals surface area contributed by atoms with Crippen molar-refractivity contribution in [3.8, 4) is 0 Å². The van der Waals surface area contributed by atoms with Crippen LogP contribution in [0.5, 0.6) is 0 Å². The van der Waals surface area contributed by atoms with Gasteiger partial charge in [0.25, 0.3) is 0 Å². The van der Waals surface area contributed by atoms with Gasteiger partial charge in [0.15, 0.2) is 0 Å². The van der Waals surface area contributed by atoms with Gasteiger partial charge in [0.1, 0.15) is 5.82 Å². The smallest absolute Gasteiger partial charge is 0.242 e. The van der Waals surface area contributed by atoms with Gasteiger partial charge < -0.3 is 10.6 Å². The fourth-order valence-corrected chi connectivity index (χ4v) is 3.83. The average Bonchev–Trinajstić information content (AvgIpc) is 3.06. The minimum absolute atomic E-state index is 0.0446. The summed E-state index contributed by atoms with van der Waals surface area (Å²) in [6, 6.07) is 5.05. The first kappa shape index (κ1) is 18.8. The maximum atomic E-state index is 12.9. The summed E-state index contributed by atoms with van der Waals surface area (Å²) in [4.78, 5) is 11.8. The van der Waals surface area contributed by atoms with Crippen LogP contribution in [0.1, 0.15) is 25.7 Å². The Balaban J connectivity index is 1.74. The largest absolute Gasteiger partial charge is 0.355 e. The molecule has 2 N–H and O–H groups in total. The van der Waals surface area contributed by atoms with Crippen LogP contribution in [0.25, 0.3) is 0 Å². The quantitative estimate of drug-likeness (QED) is 0.730. The first-order chi connectivity index (χ1) is 11.4. The molecule has 0 saturated carbocycles. The Morgan fingerprint density at radius 2 is 2.08 bits per heavy atom. The van der Waals surface area contributed by atoms with E-state index in [2.05, 4.69) is 10.6 Å². The van der Waals surface area contributed by atoms with Crippen LogP contribution in [0.2, 0.25) is 0 Å². The molecule has 0 aliphatic carbocycles. The molecule has 1 aliphatic rings. The number of halogens is 1. The van der Waals surface area contributed by atoms with Gasteiger partial charge in [-0.2, -0.15) is 0 Å². The Kier molecular flexibility index (Phi) is 6.70. The summed E-state index contributed by atoms with van der Waals surface area (Å²) < 4.78 is 38.7. The van der Waals surface area contributed by atoms with E-state index in [-0.39, 0.29) is 23.8 Å². The highest BCUT2D eigenvalue weighted by Gasteiger charge is 2.20. The summed E-state index contributed by atoms with van der Waals surface area (Å²) >= 11 is 0. The lowest BCUT2D eigenvalue weighted by Gasteiger charge is -2.17. The zero-order valence-electron chi connectivity index (χ0n) is 13.8. The van der Waals surface area contributed by atoms with Gasteiger partial charge in [-0.05, 0) is 50.1 Å². The van der Waals surface area contributed by atoms with Crippen molar-refractivity contribution in [2.75, 3.05) is 26.7 Å². The fourth-order valence-electron chi connectivity index (χ4n) is 2.63. The predicted octanol–water partition coefficient (Wildman–Crippen LogP) is 1.09. The highest BCUT2D eigenvalue weighted by Crippen LogP contribution is 2.15. The van der Waals surface area contributed by atoms with Crippen LogP contribution in [-0.4, -0.2) is 51.4 Å². The molecule has 1 saturated heterocycles. The van der Waals surface area contributed by atoms with E-state index in [1.165, 1.54) is 23.5 Å². The van der Waals surface area contributed by atoms with Gasteiger partial charge in [-0.15, -0.1) is 0 Å². The van der Waals surface area contributed by atoms with Crippen LogP contribution in [0, 0.1) is 5.82 Å². The topological polar surface area (TPSA) is 78.5 Å². The summed E-state index contributed by atoms with van der Waals surface area (Å²) in [5, 5.41) is 6.16. The van der Waals surface area contributed by atoms with Crippen LogP contribution in [0.3, 0.4) is 0 Å². The normalized spacial score (nSPS) is 18.0. The second kappa shape index (κ2) is 8.55. The van der Waals surface area contributed by atoms with Crippen molar-refractivity contribution < 1.29 is 17.6 Å². The van der Waals surface area contributed by atoms with E-state index in [1.54, 1.807) is 0 Å². The number of amides is 1. The molecule has 2 rings (SSSR count). The molecule has 1 aromatic carbocycles. The molecule has 6 nitrogen and oxygen atoms in total. The van der Waals surface area contributed by atoms with Gasteiger partial charge in [0.2, 0.25) is 15.9 Å². The Bertz CT molecular complexity index is 643. The van der Waals surface area contributed by atoms with Crippen molar-refractivity contribution in [2.45, 2.75) is 36.6 Å². The minimum atomic E-state index is -3.65. The molecule has 1 atom stereocenters. The molecule has 1 heterocycles. The zero-order chi connectivity index (χ0) is 17.6. The van der Waals surface area contributed by atoms with Gasteiger partial charge in [-0.25, -0.2) is 17.1 Å². The molecular weight excluding hydrogens is 333 g/mol. The SMILES string of the molecule is CN(CCCC(=O)NCC1CCCN1)S(=O)(=O)c1ccc(F)cc1. The first-order valence-electron chi connectivity index (χ1n) is 8.11. The van der Waals surface area contributed by atoms with Gasteiger partial charge in [-0.3, -0.25) is 4.79 Å². The summed E-state index contributed by atoms with van der Waals surface area (Å²) in [6.07, 6.45) is 2.91. The molecule has 8 heteroatoms. The van der Waals surface area contributed by atoms with E-state index in [0.717, 1.165) is 31.5 Å². The highest BCUT2D eigenvalue weighted by atomic mass is 32.2. The van der Waals surface area contributed by atoms with Crippen LogP contribution < -0.4 is 10.6 Å². The molecule has 1 fully saturated rings. The summed E-state index contributed by atoms with van der Waals surface area (Å²) in [7, 11) is -2.20. The third-order valence-corrected chi connectivity index (χ3v) is 5.98. The van der Waals surface area contributed by atoms with Crippen molar-refractivity contribution >= 4 is 15.9 Å². The second-order valence-corrected chi connectivity index (χ2v) is 8.03. The van der Waals surface area contributed by atoms with Crippen molar-refractivity contribution in [2.24, 2.45) is 0 Å². The number of hydrogen-bond donors (Lipinski definition) is 2. The van der Waals surface area contributed by atoms with Crippen molar-refractivity contribution in [1.82, 2.24) is 14.9 Å². The Hall–Kier alpha value is -1.51. The summed E-state index contributed by atoms with van der Waals surface area (Å²) in [6.45, 7) is 1.84. The number of rotatable bonds is 8. The molecule has 24 heavy (non-hydrogen) atoms. The van der Waals surface area contributed by atoms with Crippen LogP contribution in [0.15, 0.2) is 29.2 Å². The second-order valence-electron chi connectivity index (χ2n) is 5.98. The van der Waals surface area contributed by atoms with Crippen LogP contribution in [0.4, 0.5) is 4.39 Å². The maximum Gasteiger partial charge on any atom is 0.242 e. The Labute approximate surface area is 142 Å². The van der Waals surface area contributed by atoms with Gasteiger partial charge in [-0.1, -0.05) is 0 Å². The van der Waals surface area contributed by atoms with E-state index >= 15 is 0 Å². The third-order valence-electron chi connectivity index (χ3n) is 4.11. The van der Waals surface area contributed by atoms with E-state index in [9.17, 15) is 17.6 Å². The van der Waals surface area contributed by atoms with E-state index in [1.807, 2.05) is 0 Å². The van der Waals surface area contributed by atoms with Gasteiger partial charge in [0, 0.05) is 32.6 Å². The number of carbonyl (C=O) groups excluding carboxylic acids is 1. The predicted molar refractivity (Wildman–Crippen MR) is 89.5 cm³/mol. The van der Waals surface area contributed by atoms with E-state index < -0.39 is 15.8 Å². The van der Waals surface area contributed by atoms with E-state index in [0.29, 0.717) is 19.0 Å². The molecule has 0 bridgehead atoms. The minimum Gasteiger partial charge on any atom is -0.355 e. The van der Waals surface area contributed by atoms with Crippen molar-refractivity contribution in [3.05, 3.63) is 30.1 Å². The standard InChI is InChI=1S/C16H24FN3O3S/c1-20(24(22,23)15-8-6-13(17)7-9-15)11-3-5-16(21)19-12-14-4-2-10-18-14/h6-9,14,18H,2-5,10-12H2,1H3,(H,19,21). The molecule has 134 valence electrons. The molecule has 1 aliphatic heterocycles. The molecule has 0 radical (unpaired) electrons. The van der Waals surface area contributed by atoms with Crippen LogP contribution >= 0.6 is 0 Å². The van der Waals surface area contributed by atoms with Gasteiger partial charge >= 0.3 is 0 Å². The molecule has 0 spiro atoms. The maximum absolute atomic E-state index is 12.9. The number of nitrogens with zero attached hydrogens (tertiary/aromatic N) is 1. The lowest BCUT2D eigenvalue weighted by molar-refractivity contribution is -0.121. The van der Waals surface area contributed by atoms with Crippen LogP contribution in [-0.2, 0) is 14.8 Å². The number of carbonyl (C=O) groups is 1. The number of nitrogens with one attached hydrogen (secondary N) is 2. The lowest BCUT2D eigenvalue weighted by Crippen LogP contribution is -2.37. The first-order valence-corrected chi connectivity index (χ1v) is 9.55. The monoisotopic (exact) mass is 357 g/mol. The molecule has 1 aromatic rings. The number of sulfonamides is 1. The number of benzene rings is 1. The molecule has 0 aromatic heterocycles. The Morgan fingerprint density at radius 3 is 2.71 bits per heavy atom. The lowest BCUT2D eigenvalue weighted by atomic mass is 10.2. The molecule has 1 unspecified atom stereocenters. The third kappa shape index (κ3) is 5.25. The highest BCUT2D eigenvalue weighted by molar-refractivity contribution is 7.89. The van der Waals surface area contributed by atoms with Crippen molar-refractivity contribution in [3.63, 3.8) is 0 Å². The fraction of sp³-hybridized carbons (Fsp3) is 0.562. The van der Waals surface area contributed by atoms with Gasteiger partial charge in [0.05, 0.1) is 4.90 Å². The zero-order valence-corrected chi connectivity index (χ0v) is 14.6. The average molecular weight is 357 g/mol.